The number of piperidine rings is 1. The topological polar surface area (TPSA) is 59.0 Å². The highest BCUT2D eigenvalue weighted by Gasteiger charge is 2.46. The van der Waals surface area contributed by atoms with Crippen molar-refractivity contribution in [2.45, 2.75) is 37.3 Å². The zero-order chi connectivity index (χ0) is 12.3. The minimum Gasteiger partial charge on any atom is -0.480 e. The molecule has 0 aromatic heterocycles. The lowest BCUT2D eigenvalue weighted by Crippen LogP contribution is -2.60. The maximum atomic E-state index is 11.6. The highest BCUT2D eigenvalue weighted by molar-refractivity contribution is 5.79. The van der Waals surface area contributed by atoms with E-state index < -0.39 is 11.5 Å². The first-order valence-corrected chi connectivity index (χ1v) is 6.28. The minimum absolute atomic E-state index is 0.289. The van der Waals surface area contributed by atoms with Crippen LogP contribution in [0, 0.1) is 0 Å². The van der Waals surface area contributed by atoms with E-state index in [2.05, 4.69) is 4.90 Å². The molecule has 5 heteroatoms. The maximum absolute atomic E-state index is 11.6. The Labute approximate surface area is 102 Å². The van der Waals surface area contributed by atoms with Crippen molar-refractivity contribution in [1.82, 2.24) is 4.90 Å². The zero-order valence-electron chi connectivity index (χ0n) is 10.4. The molecule has 0 aliphatic carbocycles. The highest BCUT2D eigenvalue weighted by Crippen LogP contribution is 2.31. The quantitative estimate of drug-likeness (QED) is 0.792. The number of carbonyl (C=O) groups is 1. The lowest BCUT2D eigenvalue weighted by atomic mass is 9.86. The van der Waals surface area contributed by atoms with Gasteiger partial charge in [-0.25, -0.2) is 0 Å². The molecule has 2 aliphatic rings. The van der Waals surface area contributed by atoms with Crippen molar-refractivity contribution >= 4 is 5.97 Å². The molecule has 2 aliphatic heterocycles. The first kappa shape index (κ1) is 12.8. The number of rotatable bonds is 3. The van der Waals surface area contributed by atoms with Gasteiger partial charge in [0.15, 0.2) is 0 Å². The highest BCUT2D eigenvalue weighted by atomic mass is 16.5. The number of likely N-dealkylation sites (tertiary alicyclic amines) is 1. The van der Waals surface area contributed by atoms with Gasteiger partial charge in [-0.1, -0.05) is 0 Å². The van der Waals surface area contributed by atoms with E-state index in [9.17, 15) is 9.90 Å². The van der Waals surface area contributed by atoms with Crippen molar-refractivity contribution in [1.29, 1.82) is 0 Å². The second-order valence-electron chi connectivity index (χ2n) is 4.87. The van der Waals surface area contributed by atoms with Gasteiger partial charge in [0.1, 0.15) is 5.54 Å². The number of nitrogens with zero attached hydrogens (tertiary/aromatic N) is 1. The van der Waals surface area contributed by atoms with Gasteiger partial charge in [0.25, 0.3) is 0 Å². The Kier molecular flexibility index (Phi) is 4.01. The molecule has 5 nitrogen and oxygen atoms in total. The molecule has 0 atom stereocenters. The number of ether oxygens (including phenoxy) is 2. The van der Waals surface area contributed by atoms with Gasteiger partial charge in [-0.3, -0.25) is 9.69 Å². The standard InChI is InChI=1S/C12H21NO4/c1-16-10-2-6-13(7-3-10)12(11(14)15)4-8-17-9-5-12/h10H,2-9H2,1H3,(H,14,15). The molecule has 0 aromatic carbocycles. The van der Waals surface area contributed by atoms with E-state index in [-0.39, 0.29) is 6.10 Å². The average molecular weight is 243 g/mol. The van der Waals surface area contributed by atoms with E-state index in [0.717, 1.165) is 25.9 Å². The van der Waals surface area contributed by atoms with Gasteiger partial charge < -0.3 is 14.6 Å². The largest absolute Gasteiger partial charge is 0.480 e. The molecule has 0 bridgehead atoms. The Morgan fingerprint density at radius 1 is 1.35 bits per heavy atom. The van der Waals surface area contributed by atoms with Crippen LogP contribution in [0.3, 0.4) is 0 Å². The smallest absolute Gasteiger partial charge is 0.324 e. The van der Waals surface area contributed by atoms with Gasteiger partial charge in [-0.2, -0.15) is 0 Å². The van der Waals surface area contributed by atoms with Crippen LogP contribution in [-0.2, 0) is 14.3 Å². The van der Waals surface area contributed by atoms with Gasteiger partial charge in [-0.15, -0.1) is 0 Å². The number of methoxy groups -OCH3 is 1. The van der Waals surface area contributed by atoms with E-state index in [0.29, 0.717) is 26.1 Å². The molecule has 2 fully saturated rings. The summed E-state index contributed by atoms with van der Waals surface area (Å²) in [6, 6.07) is 0. The van der Waals surface area contributed by atoms with Crippen LogP contribution in [0.15, 0.2) is 0 Å². The summed E-state index contributed by atoms with van der Waals surface area (Å²) in [6.45, 7) is 2.72. The predicted molar refractivity (Wildman–Crippen MR) is 62.0 cm³/mol. The molecule has 98 valence electrons. The predicted octanol–water partition coefficient (Wildman–Crippen LogP) is 0.731. The SMILES string of the molecule is COC1CCN(C2(C(=O)O)CCOCC2)CC1. The van der Waals surface area contributed by atoms with Crippen LogP contribution in [0.25, 0.3) is 0 Å². The molecule has 0 spiro atoms. The van der Waals surface area contributed by atoms with Crippen molar-refractivity contribution in [3.8, 4) is 0 Å². The summed E-state index contributed by atoms with van der Waals surface area (Å²) < 4.78 is 10.6. The van der Waals surface area contributed by atoms with Crippen LogP contribution in [-0.4, -0.2) is 61.0 Å². The fourth-order valence-corrected chi connectivity index (χ4v) is 2.89. The number of carboxylic acids is 1. The van der Waals surface area contributed by atoms with Crippen molar-refractivity contribution < 1.29 is 19.4 Å². The summed E-state index contributed by atoms with van der Waals surface area (Å²) in [4.78, 5) is 13.7. The molecule has 0 saturated carbocycles. The number of aliphatic carboxylic acids is 1. The normalized spacial score (nSPS) is 26.9. The Morgan fingerprint density at radius 2 is 1.94 bits per heavy atom. The Morgan fingerprint density at radius 3 is 2.41 bits per heavy atom. The van der Waals surface area contributed by atoms with E-state index in [1.165, 1.54) is 0 Å². The van der Waals surface area contributed by atoms with Crippen molar-refractivity contribution in [2.75, 3.05) is 33.4 Å². The van der Waals surface area contributed by atoms with E-state index in [1.807, 2.05) is 0 Å². The van der Waals surface area contributed by atoms with Crippen molar-refractivity contribution in [2.24, 2.45) is 0 Å². The zero-order valence-corrected chi connectivity index (χ0v) is 10.4. The van der Waals surface area contributed by atoms with Crippen molar-refractivity contribution in [3.05, 3.63) is 0 Å². The molecule has 0 radical (unpaired) electrons. The molecular formula is C12H21NO4. The number of hydrogen-bond acceptors (Lipinski definition) is 4. The molecule has 1 N–H and O–H groups in total. The van der Waals surface area contributed by atoms with Gasteiger partial charge in [0.2, 0.25) is 0 Å². The Bertz CT molecular complexity index is 268. The van der Waals surface area contributed by atoms with Gasteiger partial charge in [0, 0.05) is 33.4 Å². The molecule has 0 unspecified atom stereocenters. The Hall–Kier alpha value is -0.650. The van der Waals surface area contributed by atoms with Crippen LogP contribution < -0.4 is 0 Å². The lowest BCUT2D eigenvalue weighted by molar-refractivity contribution is -0.161. The van der Waals surface area contributed by atoms with Crippen LogP contribution >= 0.6 is 0 Å². The molecule has 2 saturated heterocycles. The summed E-state index contributed by atoms with van der Waals surface area (Å²) in [5, 5.41) is 9.54. The van der Waals surface area contributed by atoms with E-state index in [4.69, 9.17) is 9.47 Å². The molecule has 17 heavy (non-hydrogen) atoms. The van der Waals surface area contributed by atoms with E-state index in [1.54, 1.807) is 7.11 Å². The third kappa shape index (κ3) is 2.46. The summed E-state index contributed by atoms with van der Waals surface area (Å²) in [5.41, 5.74) is -0.697. The van der Waals surface area contributed by atoms with Crippen molar-refractivity contribution in [3.63, 3.8) is 0 Å². The van der Waals surface area contributed by atoms with Gasteiger partial charge in [-0.05, 0) is 25.7 Å². The summed E-state index contributed by atoms with van der Waals surface area (Å²) in [7, 11) is 1.72. The fourth-order valence-electron chi connectivity index (χ4n) is 2.89. The molecule has 2 rings (SSSR count). The third-order valence-electron chi connectivity index (χ3n) is 4.10. The first-order valence-electron chi connectivity index (χ1n) is 6.28. The fraction of sp³-hybridized carbons (Fsp3) is 0.917. The van der Waals surface area contributed by atoms with E-state index >= 15 is 0 Å². The van der Waals surface area contributed by atoms with Gasteiger partial charge >= 0.3 is 5.97 Å². The monoisotopic (exact) mass is 243 g/mol. The maximum Gasteiger partial charge on any atom is 0.324 e. The van der Waals surface area contributed by atoms with Gasteiger partial charge in [0.05, 0.1) is 6.10 Å². The minimum atomic E-state index is -0.698. The lowest BCUT2D eigenvalue weighted by Gasteiger charge is -2.45. The average Bonchev–Trinajstić information content (AvgIpc) is 2.39. The third-order valence-corrected chi connectivity index (χ3v) is 4.10. The number of carboxylic acid groups (broad SMARTS) is 1. The van der Waals surface area contributed by atoms with Crippen LogP contribution in [0.4, 0.5) is 0 Å². The second-order valence-corrected chi connectivity index (χ2v) is 4.87. The van der Waals surface area contributed by atoms with Crippen LogP contribution in [0.5, 0.6) is 0 Å². The Balaban J connectivity index is 2.04. The van der Waals surface area contributed by atoms with Crippen LogP contribution in [0.1, 0.15) is 25.7 Å². The molecular weight excluding hydrogens is 222 g/mol. The molecule has 2 heterocycles. The summed E-state index contributed by atoms with van der Waals surface area (Å²) >= 11 is 0. The summed E-state index contributed by atoms with van der Waals surface area (Å²) in [5.74, 6) is -0.698. The van der Waals surface area contributed by atoms with Crippen LogP contribution in [0.2, 0.25) is 0 Å². The molecule has 0 amide bonds. The number of hydrogen-bond donors (Lipinski definition) is 1. The second kappa shape index (κ2) is 5.33. The summed E-state index contributed by atoms with van der Waals surface area (Å²) in [6.07, 6.45) is 3.33. The first-order chi connectivity index (χ1) is 8.19. The molecule has 0 aromatic rings.